The van der Waals surface area contributed by atoms with Crippen molar-refractivity contribution in [3.05, 3.63) is 57.6 Å². The molecular formula is C24H27BrN4O3. The molecule has 2 heterocycles. The maximum atomic E-state index is 12.5. The number of hydrogen-bond donors (Lipinski definition) is 1. The van der Waals surface area contributed by atoms with Crippen LogP contribution in [0.3, 0.4) is 0 Å². The SMILES string of the molecule is Cc1cc(NC(=O)CCCN2C(=O)c3ccc(Br)cc3C2=O)ccc1N1CCN(C)CC1. The topological polar surface area (TPSA) is 73.0 Å². The summed E-state index contributed by atoms with van der Waals surface area (Å²) in [6.07, 6.45) is 0.646. The van der Waals surface area contributed by atoms with Gasteiger partial charge in [-0.25, -0.2) is 0 Å². The predicted octanol–water partition coefficient (Wildman–Crippen LogP) is 3.52. The van der Waals surface area contributed by atoms with Gasteiger partial charge in [-0.3, -0.25) is 19.3 Å². The first kappa shape index (κ1) is 22.5. The molecule has 2 aromatic carbocycles. The Hall–Kier alpha value is -2.71. The summed E-state index contributed by atoms with van der Waals surface area (Å²) in [6.45, 7) is 6.36. The number of benzene rings is 2. The molecule has 168 valence electrons. The Balaban J connectivity index is 1.29. The molecule has 0 atom stereocenters. The Kier molecular flexibility index (Phi) is 6.62. The van der Waals surface area contributed by atoms with E-state index in [2.05, 4.69) is 51.1 Å². The summed E-state index contributed by atoms with van der Waals surface area (Å²) in [4.78, 5) is 43.4. The van der Waals surface area contributed by atoms with Crippen molar-refractivity contribution in [3.8, 4) is 0 Å². The second-order valence-electron chi connectivity index (χ2n) is 8.40. The van der Waals surface area contributed by atoms with E-state index in [-0.39, 0.29) is 30.7 Å². The number of likely N-dealkylation sites (N-methyl/N-ethyl adjacent to an activating group) is 1. The maximum Gasteiger partial charge on any atom is 0.261 e. The number of piperazine rings is 1. The Morgan fingerprint density at radius 1 is 1.00 bits per heavy atom. The van der Waals surface area contributed by atoms with Gasteiger partial charge in [-0.15, -0.1) is 0 Å². The number of nitrogens with one attached hydrogen (secondary N) is 1. The standard InChI is InChI=1S/C24H27BrN4O3/c1-16-14-18(6-8-21(16)28-12-10-27(2)11-13-28)26-22(30)4-3-9-29-23(31)19-7-5-17(25)15-20(19)24(29)32/h5-8,14-15H,3-4,9-13H2,1-2H3,(H,26,30). The molecule has 3 amide bonds. The molecule has 2 aliphatic rings. The molecule has 0 radical (unpaired) electrons. The number of anilines is 2. The lowest BCUT2D eigenvalue weighted by atomic mass is 10.1. The van der Waals surface area contributed by atoms with E-state index in [9.17, 15) is 14.4 Å². The minimum Gasteiger partial charge on any atom is -0.369 e. The molecule has 4 rings (SSSR count). The van der Waals surface area contributed by atoms with Crippen molar-refractivity contribution in [2.45, 2.75) is 19.8 Å². The highest BCUT2D eigenvalue weighted by Gasteiger charge is 2.35. The lowest BCUT2D eigenvalue weighted by Crippen LogP contribution is -2.44. The first-order chi connectivity index (χ1) is 15.3. The third-order valence-electron chi connectivity index (χ3n) is 6.04. The quantitative estimate of drug-likeness (QED) is 0.616. The van der Waals surface area contributed by atoms with E-state index in [1.54, 1.807) is 18.2 Å². The molecule has 0 unspecified atom stereocenters. The zero-order valence-electron chi connectivity index (χ0n) is 18.4. The third kappa shape index (κ3) is 4.71. The summed E-state index contributed by atoms with van der Waals surface area (Å²) < 4.78 is 0.757. The summed E-state index contributed by atoms with van der Waals surface area (Å²) in [5, 5.41) is 2.93. The van der Waals surface area contributed by atoms with Gasteiger partial charge in [-0.2, -0.15) is 0 Å². The summed E-state index contributed by atoms with van der Waals surface area (Å²) in [6, 6.07) is 11.1. The van der Waals surface area contributed by atoms with Crippen molar-refractivity contribution >= 4 is 45.0 Å². The second-order valence-corrected chi connectivity index (χ2v) is 9.31. The predicted molar refractivity (Wildman–Crippen MR) is 128 cm³/mol. The first-order valence-electron chi connectivity index (χ1n) is 10.8. The van der Waals surface area contributed by atoms with Crippen molar-refractivity contribution in [2.24, 2.45) is 0 Å². The molecule has 0 spiro atoms. The van der Waals surface area contributed by atoms with E-state index >= 15 is 0 Å². The number of carbonyl (C=O) groups excluding carboxylic acids is 3. The Bertz CT molecular complexity index is 1060. The van der Waals surface area contributed by atoms with Crippen molar-refractivity contribution in [1.29, 1.82) is 0 Å². The Morgan fingerprint density at radius 2 is 1.72 bits per heavy atom. The van der Waals surface area contributed by atoms with Crippen LogP contribution < -0.4 is 10.2 Å². The largest absolute Gasteiger partial charge is 0.369 e. The van der Waals surface area contributed by atoms with E-state index in [4.69, 9.17) is 0 Å². The Labute approximate surface area is 196 Å². The maximum absolute atomic E-state index is 12.5. The summed E-state index contributed by atoms with van der Waals surface area (Å²) >= 11 is 3.33. The minimum absolute atomic E-state index is 0.129. The number of nitrogens with zero attached hydrogens (tertiary/aromatic N) is 3. The second kappa shape index (κ2) is 9.42. The zero-order valence-corrected chi connectivity index (χ0v) is 19.9. The highest BCUT2D eigenvalue weighted by Crippen LogP contribution is 2.27. The van der Waals surface area contributed by atoms with Crippen LogP contribution >= 0.6 is 15.9 Å². The normalized spacial score (nSPS) is 16.5. The average molecular weight is 499 g/mol. The van der Waals surface area contributed by atoms with Crippen molar-refractivity contribution < 1.29 is 14.4 Å². The molecule has 1 saturated heterocycles. The van der Waals surface area contributed by atoms with Crippen LogP contribution in [0.15, 0.2) is 40.9 Å². The van der Waals surface area contributed by atoms with Gasteiger partial charge in [0.15, 0.2) is 0 Å². The average Bonchev–Trinajstić information content (AvgIpc) is 2.99. The van der Waals surface area contributed by atoms with E-state index < -0.39 is 0 Å². The van der Waals surface area contributed by atoms with Crippen LogP contribution in [0.25, 0.3) is 0 Å². The molecule has 8 heteroatoms. The van der Waals surface area contributed by atoms with Crippen LogP contribution in [0.1, 0.15) is 39.1 Å². The van der Waals surface area contributed by atoms with Crippen LogP contribution in [0.2, 0.25) is 0 Å². The van der Waals surface area contributed by atoms with Gasteiger partial charge in [-0.1, -0.05) is 15.9 Å². The molecule has 32 heavy (non-hydrogen) atoms. The van der Waals surface area contributed by atoms with Crippen molar-refractivity contribution in [3.63, 3.8) is 0 Å². The van der Waals surface area contributed by atoms with E-state index in [0.29, 0.717) is 17.5 Å². The number of halogens is 1. The summed E-state index contributed by atoms with van der Waals surface area (Å²) in [5.74, 6) is -0.731. The van der Waals surface area contributed by atoms with Crippen molar-refractivity contribution in [2.75, 3.05) is 50.0 Å². The number of carbonyl (C=O) groups is 3. The van der Waals surface area contributed by atoms with Crippen LogP contribution in [0.5, 0.6) is 0 Å². The number of imide groups is 1. The van der Waals surface area contributed by atoms with Gasteiger partial charge >= 0.3 is 0 Å². The monoisotopic (exact) mass is 498 g/mol. The van der Waals surface area contributed by atoms with Gasteiger partial charge in [0.2, 0.25) is 5.91 Å². The molecule has 1 fully saturated rings. The van der Waals surface area contributed by atoms with Gasteiger partial charge in [-0.05, 0) is 62.4 Å². The Morgan fingerprint density at radius 3 is 2.44 bits per heavy atom. The fraction of sp³-hybridized carbons (Fsp3) is 0.375. The van der Waals surface area contributed by atoms with Gasteiger partial charge in [0.05, 0.1) is 11.1 Å². The third-order valence-corrected chi connectivity index (χ3v) is 6.54. The minimum atomic E-state index is -0.304. The fourth-order valence-electron chi connectivity index (χ4n) is 4.22. The van der Waals surface area contributed by atoms with Crippen LogP contribution in [0.4, 0.5) is 11.4 Å². The van der Waals surface area contributed by atoms with Gasteiger partial charge in [0.1, 0.15) is 0 Å². The lowest BCUT2D eigenvalue weighted by molar-refractivity contribution is -0.116. The molecule has 0 saturated carbocycles. The molecular weight excluding hydrogens is 472 g/mol. The van der Waals surface area contributed by atoms with Crippen LogP contribution in [-0.2, 0) is 4.79 Å². The van der Waals surface area contributed by atoms with E-state index in [0.717, 1.165) is 41.9 Å². The lowest BCUT2D eigenvalue weighted by Gasteiger charge is -2.35. The number of hydrogen-bond acceptors (Lipinski definition) is 5. The molecule has 0 aliphatic carbocycles. The van der Waals surface area contributed by atoms with Gasteiger partial charge < -0.3 is 15.1 Å². The van der Waals surface area contributed by atoms with Crippen molar-refractivity contribution in [1.82, 2.24) is 9.80 Å². The van der Waals surface area contributed by atoms with Gasteiger partial charge in [0, 0.05) is 55.0 Å². The van der Waals surface area contributed by atoms with E-state index in [1.807, 2.05) is 12.1 Å². The smallest absolute Gasteiger partial charge is 0.261 e. The number of fused-ring (bicyclic) bond motifs is 1. The molecule has 0 bridgehead atoms. The molecule has 2 aromatic rings. The summed E-state index contributed by atoms with van der Waals surface area (Å²) in [7, 11) is 2.14. The molecule has 1 N–H and O–H groups in total. The number of amides is 3. The number of aryl methyl sites for hydroxylation is 1. The zero-order chi connectivity index (χ0) is 22.8. The molecule has 2 aliphatic heterocycles. The van der Waals surface area contributed by atoms with Gasteiger partial charge in [0.25, 0.3) is 11.8 Å². The highest BCUT2D eigenvalue weighted by molar-refractivity contribution is 9.10. The number of rotatable bonds is 6. The molecule has 0 aromatic heterocycles. The van der Waals surface area contributed by atoms with Crippen LogP contribution in [0, 0.1) is 6.92 Å². The van der Waals surface area contributed by atoms with E-state index in [1.165, 1.54) is 10.6 Å². The highest BCUT2D eigenvalue weighted by atomic mass is 79.9. The van der Waals surface area contributed by atoms with Crippen LogP contribution in [-0.4, -0.2) is 67.3 Å². The fourth-order valence-corrected chi connectivity index (χ4v) is 4.58. The first-order valence-corrected chi connectivity index (χ1v) is 11.6. The molecule has 7 nitrogen and oxygen atoms in total. The summed E-state index contributed by atoms with van der Waals surface area (Å²) in [5.41, 5.74) is 3.91.